The normalized spacial score (nSPS) is 11.6. The van der Waals surface area contributed by atoms with Gasteiger partial charge >= 0.3 is 0 Å². The minimum atomic E-state index is -3.13. The average Bonchev–Trinajstić information content (AvgIpc) is 2.27. The van der Waals surface area contributed by atoms with Crippen LogP contribution in [-0.2, 0) is 23.1 Å². The molecule has 90 valence electrons. The molecule has 0 bridgehead atoms. The van der Waals surface area contributed by atoms with Crippen LogP contribution in [0, 0.1) is 0 Å². The second-order valence-electron chi connectivity index (χ2n) is 3.66. The highest BCUT2D eigenvalue weighted by atomic mass is 32.2. The second-order valence-corrected chi connectivity index (χ2v) is 5.59. The van der Waals surface area contributed by atoms with E-state index in [0.717, 1.165) is 11.1 Å². The summed E-state index contributed by atoms with van der Waals surface area (Å²) in [4.78, 5) is 0. The highest BCUT2D eigenvalue weighted by Gasteiger charge is 2.07. The molecular weight excluding hydrogens is 224 g/mol. The number of hydrogen-bond donors (Lipinski definition) is 2. The molecule has 5 heteroatoms. The van der Waals surface area contributed by atoms with Crippen LogP contribution >= 0.6 is 0 Å². The topological polar surface area (TPSA) is 72.2 Å². The smallest absolute Gasteiger partial charge is 0.211 e. The first-order chi connectivity index (χ1) is 7.57. The summed E-state index contributed by atoms with van der Waals surface area (Å²) in [5.41, 5.74) is 7.45. The fourth-order valence-corrected chi connectivity index (χ4v) is 2.47. The number of hydrogen-bond acceptors (Lipinski definition) is 3. The lowest BCUT2D eigenvalue weighted by Gasteiger charge is -2.06. The van der Waals surface area contributed by atoms with Crippen molar-refractivity contribution in [1.29, 1.82) is 0 Å². The van der Waals surface area contributed by atoms with Crippen molar-refractivity contribution in [1.82, 2.24) is 4.72 Å². The van der Waals surface area contributed by atoms with Gasteiger partial charge in [0.15, 0.2) is 0 Å². The molecule has 3 N–H and O–H groups in total. The lowest BCUT2D eigenvalue weighted by molar-refractivity contribution is 0.580. The largest absolute Gasteiger partial charge is 0.326 e. The quantitative estimate of drug-likeness (QED) is 0.781. The Balaban J connectivity index is 2.61. The number of nitrogens with two attached hydrogens (primary N) is 1. The minimum Gasteiger partial charge on any atom is -0.326 e. The zero-order valence-electron chi connectivity index (χ0n) is 9.44. The molecule has 0 aliphatic rings. The van der Waals surface area contributed by atoms with Crippen LogP contribution in [0.5, 0.6) is 0 Å². The van der Waals surface area contributed by atoms with Gasteiger partial charge in [0.2, 0.25) is 10.0 Å². The van der Waals surface area contributed by atoms with Crippen LogP contribution in [0.25, 0.3) is 0 Å². The summed E-state index contributed by atoms with van der Waals surface area (Å²) in [6.07, 6.45) is 0.623. The Morgan fingerprint density at radius 3 is 2.62 bits per heavy atom. The number of rotatable bonds is 6. The molecule has 1 aromatic rings. The van der Waals surface area contributed by atoms with E-state index in [0.29, 0.717) is 19.5 Å². The van der Waals surface area contributed by atoms with Crippen LogP contribution in [0.1, 0.15) is 24.5 Å². The van der Waals surface area contributed by atoms with Crippen LogP contribution < -0.4 is 10.5 Å². The van der Waals surface area contributed by atoms with E-state index in [1.54, 1.807) is 0 Å². The zero-order chi connectivity index (χ0) is 12.0. The van der Waals surface area contributed by atoms with Crippen LogP contribution in [0.3, 0.4) is 0 Å². The molecule has 0 heterocycles. The molecule has 0 saturated heterocycles. The van der Waals surface area contributed by atoms with Crippen molar-refractivity contribution in [3.8, 4) is 0 Å². The summed E-state index contributed by atoms with van der Waals surface area (Å²) in [5, 5.41) is 0. The van der Waals surface area contributed by atoms with Crippen molar-refractivity contribution in [3.63, 3.8) is 0 Å². The van der Waals surface area contributed by atoms with E-state index >= 15 is 0 Å². The van der Waals surface area contributed by atoms with Gasteiger partial charge in [0.25, 0.3) is 0 Å². The lowest BCUT2D eigenvalue weighted by atomic mass is 10.1. The summed E-state index contributed by atoms with van der Waals surface area (Å²) < 4.78 is 25.4. The maximum absolute atomic E-state index is 11.4. The maximum Gasteiger partial charge on any atom is 0.211 e. The Morgan fingerprint density at radius 1 is 1.31 bits per heavy atom. The van der Waals surface area contributed by atoms with E-state index in [1.807, 2.05) is 31.2 Å². The molecule has 0 atom stereocenters. The molecule has 0 aliphatic heterocycles. The van der Waals surface area contributed by atoms with Crippen LogP contribution in [0.15, 0.2) is 24.3 Å². The van der Waals surface area contributed by atoms with Gasteiger partial charge in [-0.25, -0.2) is 13.1 Å². The van der Waals surface area contributed by atoms with Gasteiger partial charge in [0.05, 0.1) is 5.75 Å². The standard InChI is InChI=1S/C11H18N2O2S/c1-2-6-16(14,15)13-9-11-5-3-4-10(7-11)8-12/h3-5,7,13H,2,6,8-9,12H2,1H3. The average molecular weight is 242 g/mol. The van der Waals surface area contributed by atoms with Crippen LogP contribution in [0.2, 0.25) is 0 Å². The Morgan fingerprint density at radius 2 is 2.00 bits per heavy atom. The van der Waals surface area contributed by atoms with Gasteiger partial charge in [-0.05, 0) is 17.5 Å². The summed E-state index contributed by atoms with van der Waals surface area (Å²) >= 11 is 0. The molecule has 0 radical (unpaired) electrons. The number of sulfonamides is 1. The Kier molecular flexibility index (Phi) is 4.92. The maximum atomic E-state index is 11.4. The summed E-state index contributed by atoms with van der Waals surface area (Å²) in [6.45, 7) is 2.64. The number of benzene rings is 1. The molecule has 0 aromatic heterocycles. The summed E-state index contributed by atoms with van der Waals surface area (Å²) in [6, 6.07) is 7.60. The van der Waals surface area contributed by atoms with Crippen molar-refractivity contribution in [2.24, 2.45) is 5.73 Å². The molecule has 0 unspecified atom stereocenters. The molecule has 16 heavy (non-hydrogen) atoms. The van der Waals surface area contributed by atoms with Crippen molar-refractivity contribution >= 4 is 10.0 Å². The Hall–Kier alpha value is -0.910. The van der Waals surface area contributed by atoms with Gasteiger partial charge < -0.3 is 5.73 Å². The first-order valence-electron chi connectivity index (χ1n) is 5.32. The zero-order valence-corrected chi connectivity index (χ0v) is 10.3. The van der Waals surface area contributed by atoms with Gasteiger partial charge in [-0.15, -0.1) is 0 Å². The minimum absolute atomic E-state index is 0.170. The lowest BCUT2D eigenvalue weighted by Crippen LogP contribution is -2.25. The van der Waals surface area contributed by atoms with E-state index < -0.39 is 10.0 Å². The summed E-state index contributed by atoms with van der Waals surface area (Å²) in [7, 11) is -3.13. The third kappa shape index (κ3) is 4.30. The molecule has 0 amide bonds. The Bertz CT molecular complexity index is 429. The molecule has 0 aliphatic carbocycles. The Labute approximate surface area is 96.9 Å². The molecular formula is C11H18N2O2S. The van der Waals surface area contributed by atoms with Gasteiger partial charge in [-0.2, -0.15) is 0 Å². The van der Waals surface area contributed by atoms with Crippen LogP contribution in [0.4, 0.5) is 0 Å². The van der Waals surface area contributed by atoms with Crippen molar-refractivity contribution in [2.75, 3.05) is 5.75 Å². The number of nitrogens with one attached hydrogen (secondary N) is 1. The molecule has 0 spiro atoms. The van der Waals surface area contributed by atoms with E-state index in [2.05, 4.69) is 4.72 Å². The predicted molar refractivity (Wildman–Crippen MR) is 65.3 cm³/mol. The molecule has 0 saturated carbocycles. The fraction of sp³-hybridized carbons (Fsp3) is 0.455. The van der Waals surface area contributed by atoms with Crippen LogP contribution in [-0.4, -0.2) is 14.2 Å². The third-order valence-corrected chi connectivity index (χ3v) is 3.73. The highest BCUT2D eigenvalue weighted by Crippen LogP contribution is 2.05. The second kappa shape index (κ2) is 5.98. The summed E-state index contributed by atoms with van der Waals surface area (Å²) in [5.74, 6) is 0.170. The molecule has 1 aromatic carbocycles. The molecule has 0 fully saturated rings. The van der Waals surface area contributed by atoms with Gasteiger partial charge in [-0.1, -0.05) is 31.2 Å². The van der Waals surface area contributed by atoms with Crippen molar-refractivity contribution in [3.05, 3.63) is 35.4 Å². The van der Waals surface area contributed by atoms with Gasteiger partial charge in [0, 0.05) is 13.1 Å². The highest BCUT2D eigenvalue weighted by molar-refractivity contribution is 7.89. The SMILES string of the molecule is CCCS(=O)(=O)NCc1cccc(CN)c1. The molecule has 4 nitrogen and oxygen atoms in total. The first kappa shape index (κ1) is 13.2. The van der Waals surface area contributed by atoms with E-state index in [4.69, 9.17) is 5.73 Å². The van der Waals surface area contributed by atoms with Gasteiger partial charge in [-0.3, -0.25) is 0 Å². The van der Waals surface area contributed by atoms with E-state index in [9.17, 15) is 8.42 Å². The molecule has 1 rings (SSSR count). The third-order valence-electron chi connectivity index (χ3n) is 2.20. The predicted octanol–water partition coefficient (Wildman–Crippen LogP) is 0.975. The fourth-order valence-electron chi connectivity index (χ4n) is 1.40. The van der Waals surface area contributed by atoms with Crippen molar-refractivity contribution in [2.45, 2.75) is 26.4 Å². The van der Waals surface area contributed by atoms with Crippen molar-refractivity contribution < 1.29 is 8.42 Å². The van der Waals surface area contributed by atoms with Gasteiger partial charge in [0.1, 0.15) is 0 Å². The first-order valence-corrected chi connectivity index (χ1v) is 6.98. The monoisotopic (exact) mass is 242 g/mol. The van der Waals surface area contributed by atoms with E-state index in [-0.39, 0.29) is 5.75 Å². The van der Waals surface area contributed by atoms with E-state index in [1.165, 1.54) is 0 Å².